The number of hydrogen-bond acceptors (Lipinski definition) is 8. The summed E-state index contributed by atoms with van der Waals surface area (Å²) < 4.78 is 26.1. The Morgan fingerprint density at radius 3 is 2.54 bits per heavy atom. The van der Waals surface area contributed by atoms with Crippen LogP contribution < -0.4 is 25.8 Å². The first kappa shape index (κ1) is 26.8. The molecule has 2 heterocycles. The molecular formula is C31H33FN6O3. The first-order chi connectivity index (χ1) is 19.9. The van der Waals surface area contributed by atoms with Gasteiger partial charge in [-0.05, 0) is 35.6 Å². The number of carbonyl (C=O) groups excluding carboxylic acids is 1. The van der Waals surface area contributed by atoms with Gasteiger partial charge < -0.3 is 30.7 Å². The third-order valence-corrected chi connectivity index (χ3v) is 8.32. The van der Waals surface area contributed by atoms with Crippen LogP contribution in [0.15, 0.2) is 60.7 Å². The van der Waals surface area contributed by atoms with Crippen molar-refractivity contribution in [1.29, 1.82) is 0 Å². The Bertz CT molecular complexity index is 1600. The molecule has 41 heavy (non-hydrogen) atoms. The van der Waals surface area contributed by atoms with Crippen LogP contribution in [-0.2, 0) is 11.2 Å². The lowest BCUT2D eigenvalue weighted by Crippen LogP contribution is -2.53. The highest BCUT2D eigenvalue weighted by Gasteiger charge is 2.39. The fourth-order valence-electron chi connectivity index (χ4n) is 6.16. The summed E-state index contributed by atoms with van der Waals surface area (Å²) in [5, 5.41) is 0.334. The number of aromatic nitrogens is 2. The number of fused-ring (bicyclic) bond motifs is 2. The van der Waals surface area contributed by atoms with Crippen LogP contribution in [0.25, 0.3) is 10.9 Å². The van der Waals surface area contributed by atoms with Gasteiger partial charge in [-0.1, -0.05) is 54.6 Å². The summed E-state index contributed by atoms with van der Waals surface area (Å²) in [6, 6.07) is 18.9. The first-order valence-electron chi connectivity index (χ1n) is 13.7. The number of carbonyl (C=O) groups is 1. The quantitative estimate of drug-likeness (QED) is 0.378. The minimum Gasteiger partial charge on any atom is -0.493 e. The number of benzene rings is 3. The van der Waals surface area contributed by atoms with Gasteiger partial charge in [-0.2, -0.15) is 4.98 Å². The minimum absolute atomic E-state index is 0.0438. The number of nitrogens with two attached hydrogens (primary N) is 2. The van der Waals surface area contributed by atoms with Crippen molar-refractivity contribution >= 4 is 28.6 Å². The van der Waals surface area contributed by atoms with Crippen molar-refractivity contribution in [2.75, 3.05) is 44.5 Å². The van der Waals surface area contributed by atoms with Gasteiger partial charge in [-0.3, -0.25) is 4.79 Å². The molecule has 4 N–H and O–H groups in total. The molecule has 1 fully saturated rings. The highest BCUT2D eigenvalue weighted by molar-refractivity contribution is 5.92. The van der Waals surface area contributed by atoms with Gasteiger partial charge in [0.2, 0.25) is 11.9 Å². The Labute approximate surface area is 237 Å². The van der Waals surface area contributed by atoms with E-state index in [2.05, 4.69) is 16.0 Å². The molecule has 0 spiro atoms. The van der Waals surface area contributed by atoms with E-state index in [1.54, 1.807) is 6.07 Å². The molecule has 0 radical (unpaired) electrons. The lowest BCUT2D eigenvalue weighted by Gasteiger charge is -2.43. The molecule has 3 aromatic carbocycles. The number of halogens is 1. The molecule has 212 valence electrons. The van der Waals surface area contributed by atoms with Crippen LogP contribution in [0.4, 0.5) is 16.2 Å². The Kier molecular flexibility index (Phi) is 7.08. The second-order valence-corrected chi connectivity index (χ2v) is 10.5. The number of ether oxygens (including phenoxy) is 2. The number of amides is 1. The largest absolute Gasteiger partial charge is 0.493 e. The molecule has 1 aliphatic heterocycles. The zero-order valence-corrected chi connectivity index (χ0v) is 23.1. The van der Waals surface area contributed by atoms with Crippen LogP contribution in [-0.4, -0.2) is 54.6 Å². The van der Waals surface area contributed by atoms with Crippen molar-refractivity contribution in [3.8, 4) is 11.5 Å². The maximum absolute atomic E-state index is 15.5. The third-order valence-electron chi connectivity index (χ3n) is 8.32. The minimum atomic E-state index is -0.672. The lowest BCUT2D eigenvalue weighted by atomic mass is 9.79. The van der Waals surface area contributed by atoms with Gasteiger partial charge >= 0.3 is 0 Å². The van der Waals surface area contributed by atoms with Crippen molar-refractivity contribution in [3.63, 3.8) is 0 Å². The third kappa shape index (κ3) is 4.67. The molecule has 1 aliphatic carbocycles. The van der Waals surface area contributed by atoms with Crippen molar-refractivity contribution in [2.24, 2.45) is 11.7 Å². The molecule has 10 heteroatoms. The summed E-state index contributed by atoms with van der Waals surface area (Å²) in [5.41, 5.74) is 16.3. The van der Waals surface area contributed by atoms with Gasteiger partial charge in [0.15, 0.2) is 17.3 Å². The Hall–Kier alpha value is -4.44. The molecule has 9 nitrogen and oxygen atoms in total. The van der Waals surface area contributed by atoms with E-state index in [-0.39, 0.29) is 52.7 Å². The summed E-state index contributed by atoms with van der Waals surface area (Å²) >= 11 is 0. The zero-order chi connectivity index (χ0) is 28.7. The second kappa shape index (κ2) is 10.9. The van der Waals surface area contributed by atoms with Crippen molar-refractivity contribution in [2.45, 2.75) is 24.9 Å². The van der Waals surface area contributed by atoms with E-state index in [1.165, 1.54) is 19.8 Å². The Balaban J connectivity index is 1.34. The number of aryl methyl sites for hydroxylation is 1. The summed E-state index contributed by atoms with van der Waals surface area (Å²) in [5.74, 6) is -0.351. The number of anilines is 2. The van der Waals surface area contributed by atoms with Crippen LogP contribution in [0.5, 0.6) is 11.5 Å². The molecule has 1 aromatic heterocycles. The maximum Gasteiger partial charge on any atom is 0.228 e. The van der Waals surface area contributed by atoms with Gasteiger partial charge in [-0.15, -0.1) is 0 Å². The molecule has 2 aliphatic rings. The van der Waals surface area contributed by atoms with Crippen LogP contribution in [0, 0.1) is 11.7 Å². The topological polar surface area (TPSA) is 120 Å². The van der Waals surface area contributed by atoms with Gasteiger partial charge in [0.1, 0.15) is 11.3 Å². The molecule has 0 saturated carbocycles. The molecule has 6 rings (SSSR count). The highest BCUT2D eigenvalue weighted by atomic mass is 19.1. The van der Waals surface area contributed by atoms with E-state index in [9.17, 15) is 4.79 Å². The number of piperazine rings is 1. The number of rotatable bonds is 5. The smallest absolute Gasteiger partial charge is 0.228 e. The molecular weight excluding hydrogens is 523 g/mol. The molecule has 1 saturated heterocycles. The summed E-state index contributed by atoms with van der Waals surface area (Å²) in [7, 11) is 2.80. The average Bonchev–Trinajstić information content (AvgIpc) is 3.01. The monoisotopic (exact) mass is 556 g/mol. The molecule has 4 aromatic rings. The molecule has 1 amide bonds. The normalized spacial score (nSPS) is 20.5. The predicted molar refractivity (Wildman–Crippen MR) is 155 cm³/mol. The zero-order valence-electron chi connectivity index (χ0n) is 23.1. The predicted octanol–water partition coefficient (Wildman–Crippen LogP) is 4.02. The van der Waals surface area contributed by atoms with Crippen molar-refractivity contribution in [3.05, 3.63) is 83.2 Å². The number of hydrogen-bond donors (Lipinski definition) is 2. The fraction of sp³-hybridized carbons (Fsp3) is 0.323. The van der Waals surface area contributed by atoms with Crippen LogP contribution in [0.1, 0.15) is 35.2 Å². The summed E-state index contributed by atoms with van der Waals surface area (Å²) in [6.45, 7) is 1.29. The number of methoxy groups -OCH3 is 2. The van der Waals surface area contributed by atoms with Gasteiger partial charge in [0.05, 0.1) is 26.2 Å². The molecule has 3 atom stereocenters. The standard InChI is InChI=1S/C31H33FN6O3/c1-40-24-16-22-27(25(32)28(24)41-2)35-31(36-29(22)34)38-15-14-37(17-23(38)19-9-4-3-5-10-19)30(39)21-13-12-18-8-6-7-11-20(18)26(21)33/h3-11,16,21,23,26H,12-15,17,33H2,1-2H3,(H2,34,35,36)/t21-,23?,26+/m1/s1. The van der Waals surface area contributed by atoms with E-state index >= 15 is 4.39 Å². The van der Waals surface area contributed by atoms with E-state index in [1.807, 2.05) is 58.3 Å². The molecule has 1 unspecified atom stereocenters. The van der Waals surface area contributed by atoms with Crippen LogP contribution >= 0.6 is 0 Å². The second-order valence-electron chi connectivity index (χ2n) is 10.5. The maximum atomic E-state index is 15.5. The summed E-state index contributed by atoms with van der Waals surface area (Å²) in [4.78, 5) is 27.0. The first-order valence-corrected chi connectivity index (χ1v) is 13.7. The van der Waals surface area contributed by atoms with E-state index in [0.717, 1.165) is 17.5 Å². The van der Waals surface area contributed by atoms with Gasteiger partial charge in [0, 0.05) is 31.1 Å². The van der Waals surface area contributed by atoms with Crippen molar-refractivity contribution in [1.82, 2.24) is 14.9 Å². The van der Waals surface area contributed by atoms with Crippen molar-refractivity contribution < 1.29 is 18.7 Å². The number of nitrogen functional groups attached to an aromatic ring is 1. The number of nitrogens with zero attached hydrogens (tertiary/aromatic N) is 4. The SMILES string of the molecule is COc1cc2c(N)nc(N3CCN(C(=O)[C@@H]4CCc5ccccc5[C@@H]4N)CC3c3ccccc3)nc2c(F)c1OC. The van der Waals surface area contributed by atoms with Gasteiger partial charge in [-0.25, -0.2) is 9.37 Å². The fourth-order valence-corrected chi connectivity index (χ4v) is 6.16. The van der Waals surface area contributed by atoms with E-state index in [0.29, 0.717) is 31.4 Å². The van der Waals surface area contributed by atoms with Crippen LogP contribution in [0.3, 0.4) is 0 Å². The van der Waals surface area contributed by atoms with E-state index in [4.69, 9.17) is 20.9 Å². The van der Waals surface area contributed by atoms with Gasteiger partial charge in [0.25, 0.3) is 0 Å². The average molecular weight is 557 g/mol. The Morgan fingerprint density at radius 1 is 1.02 bits per heavy atom. The Morgan fingerprint density at radius 2 is 1.78 bits per heavy atom. The lowest BCUT2D eigenvalue weighted by molar-refractivity contribution is -0.137. The van der Waals surface area contributed by atoms with E-state index < -0.39 is 5.82 Å². The molecule has 0 bridgehead atoms. The van der Waals surface area contributed by atoms with Crippen LogP contribution in [0.2, 0.25) is 0 Å². The highest BCUT2D eigenvalue weighted by Crippen LogP contribution is 2.40. The summed E-state index contributed by atoms with van der Waals surface area (Å²) in [6.07, 6.45) is 1.54.